The van der Waals surface area contributed by atoms with Crippen molar-refractivity contribution in [2.75, 3.05) is 26.2 Å². The molecule has 1 amide bonds. The highest BCUT2D eigenvalue weighted by atomic mass is 16.2. The number of aromatic nitrogens is 2. The molecule has 3 rings (SSSR count). The Bertz CT molecular complexity index is 557. The van der Waals surface area contributed by atoms with E-state index in [0.29, 0.717) is 19.0 Å². The number of rotatable bonds is 5. The van der Waals surface area contributed by atoms with Gasteiger partial charge in [0.2, 0.25) is 5.91 Å². The largest absolute Gasteiger partial charge is 0.341 e. The zero-order chi connectivity index (χ0) is 14.7. The van der Waals surface area contributed by atoms with Gasteiger partial charge in [-0.05, 0) is 31.9 Å². The van der Waals surface area contributed by atoms with Gasteiger partial charge in [0, 0.05) is 44.4 Å². The van der Waals surface area contributed by atoms with Crippen LogP contribution in [0.5, 0.6) is 0 Å². The van der Waals surface area contributed by atoms with Gasteiger partial charge in [0.15, 0.2) is 0 Å². The summed E-state index contributed by atoms with van der Waals surface area (Å²) in [7, 11) is 0. The van der Waals surface area contributed by atoms with E-state index in [1.54, 1.807) is 23.0 Å². The van der Waals surface area contributed by atoms with Crippen LogP contribution in [0.2, 0.25) is 0 Å². The summed E-state index contributed by atoms with van der Waals surface area (Å²) in [5, 5.41) is 4.14. The van der Waals surface area contributed by atoms with Gasteiger partial charge >= 0.3 is 0 Å². The number of carbonyl (C=O) groups is 1. The molecule has 3 heterocycles. The molecule has 114 valence electrons. The van der Waals surface area contributed by atoms with E-state index >= 15 is 0 Å². The molecule has 2 aliphatic heterocycles. The SMILES string of the molecule is O=C1CCCN1CCN1CCCC1Cn1ncccc1=O. The first kappa shape index (κ1) is 14.3. The lowest BCUT2D eigenvalue weighted by molar-refractivity contribution is -0.127. The van der Waals surface area contributed by atoms with Crippen LogP contribution in [0.25, 0.3) is 0 Å². The summed E-state index contributed by atoms with van der Waals surface area (Å²) in [6, 6.07) is 3.58. The van der Waals surface area contributed by atoms with Crippen molar-refractivity contribution in [1.29, 1.82) is 0 Å². The molecule has 2 fully saturated rings. The third kappa shape index (κ3) is 3.32. The quantitative estimate of drug-likeness (QED) is 0.784. The average Bonchev–Trinajstić information content (AvgIpc) is 3.08. The van der Waals surface area contributed by atoms with Crippen LogP contribution in [0.15, 0.2) is 23.1 Å². The van der Waals surface area contributed by atoms with Crippen LogP contribution < -0.4 is 5.56 Å². The Kier molecular flexibility index (Phi) is 4.34. The molecule has 0 saturated carbocycles. The molecule has 0 aliphatic carbocycles. The zero-order valence-corrected chi connectivity index (χ0v) is 12.3. The van der Waals surface area contributed by atoms with E-state index in [0.717, 1.165) is 45.4 Å². The monoisotopic (exact) mass is 290 g/mol. The molecule has 2 saturated heterocycles. The minimum absolute atomic E-state index is 0.0425. The average molecular weight is 290 g/mol. The third-order valence-electron chi connectivity index (χ3n) is 4.50. The Balaban J connectivity index is 1.57. The molecule has 1 unspecified atom stereocenters. The molecule has 1 atom stereocenters. The molecule has 6 heteroatoms. The van der Waals surface area contributed by atoms with Gasteiger partial charge in [0.05, 0.1) is 6.54 Å². The van der Waals surface area contributed by atoms with Crippen LogP contribution in [0.3, 0.4) is 0 Å². The van der Waals surface area contributed by atoms with Crippen molar-refractivity contribution in [2.45, 2.75) is 38.3 Å². The molecular weight excluding hydrogens is 268 g/mol. The molecule has 1 aromatic rings. The Morgan fingerprint density at radius 2 is 2.10 bits per heavy atom. The molecular formula is C15H22N4O2. The minimum atomic E-state index is -0.0425. The fourth-order valence-electron chi connectivity index (χ4n) is 3.31. The molecule has 0 aromatic carbocycles. The lowest BCUT2D eigenvalue weighted by Gasteiger charge is -2.27. The van der Waals surface area contributed by atoms with Crippen LogP contribution in [-0.2, 0) is 11.3 Å². The molecule has 6 nitrogen and oxygen atoms in total. The maximum Gasteiger partial charge on any atom is 0.266 e. The highest BCUT2D eigenvalue weighted by molar-refractivity contribution is 5.78. The van der Waals surface area contributed by atoms with E-state index in [-0.39, 0.29) is 11.5 Å². The standard InChI is InChI=1S/C15H22N4O2/c20-14-6-3-9-18(14)11-10-17-8-2-4-13(17)12-19-15(21)5-1-7-16-19/h1,5,7,13H,2-4,6,8-12H2. The summed E-state index contributed by atoms with van der Waals surface area (Å²) < 4.78 is 1.55. The van der Waals surface area contributed by atoms with Gasteiger partial charge in [-0.2, -0.15) is 5.10 Å². The zero-order valence-electron chi connectivity index (χ0n) is 12.3. The van der Waals surface area contributed by atoms with Gasteiger partial charge in [0.1, 0.15) is 0 Å². The molecule has 0 spiro atoms. The second-order valence-corrected chi connectivity index (χ2v) is 5.86. The highest BCUT2D eigenvalue weighted by Crippen LogP contribution is 2.18. The summed E-state index contributed by atoms with van der Waals surface area (Å²) in [6.45, 7) is 4.31. The third-order valence-corrected chi connectivity index (χ3v) is 4.50. The predicted molar refractivity (Wildman–Crippen MR) is 78.9 cm³/mol. The maximum atomic E-state index is 11.8. The van der Waals surface area contributed by atoms with Crippen molar-refractivity contribution in [3.05, 3.63) is 28.7 Å². The minimum Gasteiger partial charge on any atom is -0.341 e. The topological polar surface area (TPSA) is 58.4 Å². The second-order valence-electron chi connectivity index (χ2n) is 5.86. The summed E-state index contributed by atoms with van der Waals surface area (Å²) in [4.78, 5) is 27.8. The first-order chi connectivity index (χ1) is 10.2. The molecule has 0 N–H and O–H groups in total. The number of nitrogens with zero attached hydrogens (tertiary/aromatic N) is 4. The molecule has 21 heavy (non-hydrogen) atoms. The van der Waals surface area contributed by atoms with Crippen molar-refractivity contribution >= 4 is 5.91 Å². The van der Waals surface area contributed by atoms with Gasteiger partial charge in [-0.1, -0.05) is 0 Å². The fraction of sp³-hybridized carbons (Fsp3) is 0.667. The Labute approximate surface area is 124 Å². The first-order valence-corrected chi connectivity index (χ1v) is 7.78. The van der Waals surface area contributed by atoms with Crippen LogP contribution >= 0.6 is 0 Å². The van der Waals surface area contributed by atoms with Crippen molar-refractivity contribution in [1.82, 2.24) is 19.6 Å². The number of hydrogen-bond acceptors (Lipinski definition) is 4. The lowest BCUT2D eigenvalue weighted by Crippen LogP contribution is -2.41. The van der Waals surface area contributed by atoms with Gasteiger partial charge in [-0.25, -0.2) is 4.68 Å². The van der Waals surface area contributed by atoms with Gasteiger partial charge < -0.3 is 4.90 Å². The van der Waals surface area contributed by atoms with E-state index in [1.165, 1.54) is 0 Å². The Morgan fingerprint density at radius 1 is 1.19 bits per heavy atom. The normalized spacial score (nSPS) is 23.1. The first-order valence-electron chi connectivity index (χ1n) is 7.78. The van der Waals surface area contributed by atoms with Crippen molar-refractivity contribution in [2.24, 2.45) is 0 Å². The number of hydrogen-bond donors (Lipinski definition) is 0. The number of amides is 1. The van der Waals surface area contributed by atoms with Crippen molar-refractivity contribution in [3.8, 4) is 0 Å². The van der Waals surface area contributed by atoms with E-state index in [1.807, 2.05) is 4.90 Å². The molecule has 0 bridgehead atoms. The van der Waals surface area contributed by atoms with Crippen molar-refractivity contribution in [3.63, 3.8) is 0 Å². The van der Waals surface area contributed by atoms with Crippen molar-refractivity contribution < 1.29 is 4.79 Å². The smallest absolute Gasteiger partial charge is 0.266 e. The molecule has 2 aliphatic rings. The lowest BCUT2D eigenvalue weighted by atomic mass is 10.2. The van der Waals surface area contributed by atoms with Crippen LogP contribution in [0.4, 0.5) is 0 Å². The second kappa shape index (κ2) is 6.39. The highest BCUT2D eigenvalue weighted by Gasteiger charge is 2.27. The van der Waals surface area contributed by atoms with E-state index in [2.05, 4.69) is 10.00 Å². The summed E-state index contributed by atoms with van der Waals surface area (Å²) in [5.41, 5.74) is -0.0425. The summed E-state index contributed by atoms with van der Waals surface area (Å²) in [6.07, 6.45) is 5.60. The molecule has 1 aromatic heterocycles. The predicted octanol–water partition coefficient (Wildman–Crippen LogP) is 0.330. The fourth-order valence-corrected chi connectivity index (χ4v) is 3.31. The van der Waals surface area contributed by atoms with Crippen LogP contribution in [0, 0.1) is 0 Å². The summed E-state index contributed by atoms with van der Waals surface area (Å²) in [5.74, 6) is 0.284. The van der Waals surface area contributed by atoms with Gasteiger partial charge in [-0.15, -0.1) is 0 Å². The van der Waals surface area contributed by atoms with Gasteiger partial charge in [-0.3, -0.25) is 14.5 Å². The van der Waals surface area contributed by atoms with E-state index in [4.69, 9.17) is 0 Å². The van der Waals surface area contributed by atoms with Crippen LogP contribution in [0.1, 0.15) is 25.7 Å². The maximum absolute atomic E-state index is 11.8. The van der Waals surface area contributed by atoms with E-state index < -0.39 is 0 Å². The summed E-state index contributed by atoms with van der Waals surface area (Å²) >= 11 is 0. The van der Waals surface area contributed by atoms with Gasteiger partial charge in [0.25, 0.3) is 5.56 Å². The van der Waals surface area contributed by atoms with Crippen LogP contribution in [-0.4, -0.2) is 57.7 Å². The number of likely N-dealkylation sites (tertiary alicyclic amines) is 2. The Morgan fingerprint density at radius 3 is 2.86 bits per heavy atom. The number of carbonyl (C=O) groups excluding carboxylic acids is 1. The Hall–Kier alpha value is -1.69. The molecule has 0 radical (unpaired) electrons. The van der Waals surface area contributed by atoms with E-state index in [9.17, 15) is 9.59 Å².